The summed E-state index contributed by atoms with van der Waals surface area (Å²) in [7, 11) is 0. The van der Waals surface area contributed by atoms with Crippen molar-refractivity contribution in [2.75, 3.05) is 32.7 Å². The molecule has 7 nitrogen and oxygen atoms in total. The van der Waals surface area contributed by atoms with Crippen molar-refractivity contribution in [2.45, 2.75) is 123 Å². The molecule has 36 heavy (non-hydrogen) atoms. The number of hydrogen-bond donors (Lipinski definition) is 3. The molecule has 3 N–H and O–H groups in total. The summed E-state index contributed by atoms with van der Waals surface area (Å²) in [6.07, 6.45) is 23.9. The molecular formula is C29H54N4O3. The number of piperazine rings is 1. The zero-order valence-electron chi connectivity index (χ0n) is 23.3. The molecule has 0 unspecified atom stereocenters. The predicted octanol–water partition coefficient (Wildman–Crippen LogP) is 4.86. The van der Waals surface area contributed by atoms with Gasteiger partial charge >= 0.3 is 0 Å². The number of nitrogens with zero attached hydrogens (tertiary/aromatic N) is 1. The first-order valence-electron chi connectivity index (χ1n) is 14.8. The monoisotopic (exact) mass is 506 g/mol. The quantitative estimate of drug-likeness (QED) is 0.136. The number of amides is 3. The fourth-order valence-corrected chi connectivity index (χ4v) is 4.56. The molecule has 1 aliphatic heterocycles. The second kappa shape index (κ2) is 22.3. The van der Waals surface area contributed by atoms with Crippen LogP contribution in [-0.2, 0) is 14.4 Å². The van der Waals surface area contributed by atoms with E-state index in [1.54, 1.807) is 0 Å². The van der Waals surface area contributed by atoms with Crippen LogP contribution in [0.15, 0.2) is 12.2 Å². The summed E-state index contributed by atoms with van der Waals surface area (Å²) >= 11 is 0. The number of carbonyl (C=O) groups excluding carboxylic acids is 3. The van der Waals surface area contributed by atoms with E-state index in [0.717, 1.165) is 19.6 Å². The van der Waals surface area contributed by atoms with Gasteiger partial charge in [0.15, 0.2) is 0 Å². The van der Waals surface area contributed by atoms with E-state index in [2.05, 4.69) is 34.7 Å². The van der Waals surface area contributed by atoms with Crippen LogP contribution in [-0.4, -0.2) is 61.4 Å². The van der Waals surface area contributed by atoms with E-state index in [-0.39, 0.29) is 24.3 Å². The van der Waals surface area contributed by atoms with Crippen molar-refractivity contribution in [2.24, 2.45) is 0 Å². The second-order valence-electron chi connectivity index (χ2n) is 10.2. The Hall–Kier alpha value is -1.89. The fourth-order valence-electron chi connectivity index (χ4n) is 4.56. The Kier molecular flexibility index (Phi) is 19.9. The molecule has 7 heteroatoms. The summed E-state index contributed by atoms with van der Waals surface area (Å²) in [4.78, 5) is 37.9. The molecule has 1 atom stereocenters. The number of carbonyl (C=O) groups is 3. The molecule has 0 aromatic carbocycles. The maximum atomic E-state index is 12.2. The van der Waals surface area contributed by atoms with Crippen LogP contribution in [0.1, 0.15) is 117 Å². The standard InChI is InChI=1S/C29H54N4O3/c1-3-5-7-9-11-13-15-17-22-33(23-18-16-14-12-10-8-6-4-2)24-21-30-27(34)20-19-26-29(36)31-25-28(35)32-26/h19-20,26H,3-18,21-25H2,1-2H3,(H,30,34)(H,31,36)(H,32,35)/t26-/m0/s1. The number of rotatable bonds is 23. The van der Waals surface area contributed by atoms with E-state index in [9.17, 15) is 14.4 Å². The van der Waals surface area contributed by atoms with E-state index in [1.165, 1.54) is 115 Å². The average molecular weight is 507 g/mol. The molecule has 0 radical (unpaired) electrons. The molecule has 1 aliphatic rings. The first-order chi connectivity index (χ1) is 17.6. The van der Waals surface area contributed by atoms with Crippen molar-refractivity contribution in [3.8, 4) is 0 Å². The zero-order chi connectivity index (χ0) is 26.3. The molecule has 0 aromatic rings. The van der Waals surface area contributed by atoms with Crippen molar-refractivity contribution in [1.82, 2.24) is 20.9 Å². The number of nitrogens with one attached hydrogen (secondary N) is 3. The summed E-state index contributed by atoms with van der Waals surface area (Å²) in [5.74, 6) is -0.774. The van der Waals surface area contributed by atoms with E-state index in [0.29, 0.717) is 6.54 Å². The van der Waals surface area contributed by atoms with Gasteiger partial charge in [-0.1, -0.05) is 104 Å². The van der Waals surface area contributed by atoms with Gasteiger partial charge in [-0.15, -0.1) is 0 Å². The molecule has 1 fully saturated rings. The molecule has 0 aliphatic carbocycles. The van der Waals surface area contributed by atoms with Gasteiger partial charge in [0.05, 0.1) is 6.54 Å². The van der Waals surface area contributed by atoms with Gasteiger partial charge in [0.2, 0.25) is 17.7 Å². The summed E-state index contributed by atoms with van der Waals surface area (Å²) in [5, 5.41) is 8.00. The SMILES string of the molecule is CCCCCCCCCCN(CCCCCCCCCC)CCNC(=O)C=C[C@@H]1NC(=O)CNC1=O. The topological polar surface area (TPSA) is 90.5 Å². The van der Waals surface area contributed by atoms with E-state index in [4.69, 9.17) is 0 Å². The van der Waals surface area contributed by atoms with Crippen molar-refractivity contribution in [3.05, 3.63) is 12.2 Å². The maximum Gasteiger partial charge on any atom is 0.247 e. The molecule has 208 valence electrons. The van der Waals surface area contributed by atoms with Crippen molar-refractivity contribution in [3.63, 3.8) is 0 Å². The van der Waals surface area contributed by atoms with Crippen LogP contribution in [0.5, 0.6) is 0 Å². The first kappa shape index (κ1) is 32.1. The van der Waals surface area contributed by atoms with Crippen LogP contribution >= 0.6 is 0 Å². The summed E-state index contributed by atoms with van der Waals surface area (Å²) in [5.41, 5.74) is 0. The third-order valence-corrected chi connectivity index (χ3v) is 6.85. The highest BCUT2D eigenvalue weighted by Gasteiger charge is 2.23. The lowest BCUT2D eigenvalue weighted by Crippen LogP contribution is -2.55. The second-order valence-corrected chi connectivity index (χ2v) is 10.2. The van der Waals surface area contributed by atoms with Gasteiger partial charge in [0, 0.05) is 19.2 Å². The first-order valence-corrected chi connectivity index (χ1v) is 14.8. The molecule has 3 amide bonds. The molecule has 1 rings (SSSR count). The van der Waals surface area contributed by atoms with Gasteiger partial charge in [-0.25, -0.2) is 0 Å². The van der Waals surface area contributed by atoms with Gasteiger partial charge in [0.1, 0.15) is 6.04 Å². The normalized spacial score (nSPS) is 15.9. The lowest BCUT2D eigenvalue weighted by Gasteiger charge is -2.22. The number of unbranched alkanes of at least 4 members (excludes halogenated alkanes) is 14. The van der Waals surface area contributed by atoms with Gasteiger partial charge in [-0.3, -0.25) is 14.4 Å². The van der Waals surface area contributed by atoms with Gasteiger partial charge in [-0.05, 0) is 32.0 Å². The van der Waals surface area contributed by atoms with Crippen molar-refractivity contribution >= 4 is 17.7 Å². The highest BCUT2D eigenvalue weighted by atomic mass is 16.2. The van der Waals surface area contributed by atoms with E-state index in [1.807, 2.05) is 0 Å². The average Bonchev–Trinajstić information content (AvgIpc) is 2.87. The van der Waals surface area contributed by atoms with Gasteiger partial charge in [-0.2, -0.15) is 0 Å². The zero-order valence-corrected chi connectivity index (χ0v) is 23.3. The smallest absolute Gasteiger partial charge is 0.247 e. The van der Waals surface area contributed by atoms with Crippen LogP contribution in [0, 0.1) is 0 Å². The van der Waals surface area contributed by atoms with Crippen LogP contribution in [0.25, 0.3) is 0 Å². The third-order valence-electron chi connectivity index (χ3n) is 6.85. The maximum absolute atomic E-state index is 12.2. The Bertz CT molecular complexity index is 604. The molecule has 0 bridgehead atoms. The highest BCUT2D eigenvalue weighted by molar-refractivity contribution is 5.97. The lowest BCUT2D eigenvalue weighted by molar-refractivity contribution is -0.132. The van der Waals surface area contributed by atoms with Crippen LogP contribution in [0.2, 0.25) is 0 Å². The summed E-state index contributed by atoms with van der Waals surface area (Å²) < 4.78 is 0. The van der Waals surface area contributed by atoms with E-state index >= 15 is 0 Å². The molecular weight excluding hydrogens is 452 g/mol. The Morgan fingerprint density at radius 3 is 1.83 bits per heavy atom. The summed E-state index contributed by atoms with van der Waals surface area (Å²) in [6.45, 7) is 8.11. The Labute approximate surface area is 220 Å². The fraction of sp³-hybridized carbons (Fsp3) is 0.828. The van der Waals surface area contributed by atoms with Gasteiger partial charge < -0.3 is 20.9 Å². The van der Waals surface area contributed by atoms with Crippen LogP contribution < -0.4 is 16.0 Å². The minimum absolute atomic E-state index is 0.0110. The van der Waals surface area contributed by atoms with E-state index < -0.39 is 6.04 Å². The largest absolute Gasteiger partial charge is 0.351 e. The molecule has 1 saturated heterocycles. The van der Waals surface area contributed by atoms with Crippen LogP contribution in [0.3, 0.4) is 0 Å². The molecule has 0 spiro atoms. The summed E-state index contributed by atoms with van der Waals surface area (Å²) in [6, 6.07) is -0.780. The number of hydrogen-bond acceptors (Lipinski definition) is 4. The molecule has 0 saturated carbocycles. The molecule has 1 heterocycles. The predicted molar refractivity (Wildman–Crippen MR) is 149 cm³/mol. The Balaban J connectivity index is 2.30. The minimum Gasteiger partial charge on any atom is -0.351 e. The lowest BCUT2D eigenvalue weighted by atomic mass is 10.1. The highest BCUT2D eigenvalue weighted by Crippen LogP contribution is 2.11. The minimum atomic E-state index is -0.780. The van der Waals surface area contributed by atoms with Crippen molar-refractivity contribution < 1.29 is 14.4 Å². The van der Waals surface area contributed by atoms with Crippen LogP contribution in [0.4, 0.5) is 0 Å². The third kappa shape index (κ3) is 17.5. The van der Waals surface area contributed by atoms with Crippen molar-refractivity contribution in [1.29, 1.82) is 0 Å². The Morgan fingerprint density at radius 1 is 0.806 bits per heavy atom. The molecule has 0 aromatic heterocycles. The Morgan fingerprint density at radius 2 is 1.31 bits per heavy atom. The van der Waals surface area contributed by atoms with Gasteiger partial charge in [0.25, 0.3) is 0 Å².